The van der Waals surface area contributed by atoms with Gasteiger partial charge in [0.1, 0.15) is 11.3 Å². The average Bonchev–Trinajstić information content (AvgIpc) is 3.30. The minimum atomic E-state index is -3.77. The maximum absolute atomic E-state index is 13.4. The van der Waals surface area contributed by atoms with Crippen LogP contribution in [0.3, 0.4) is 0 Å². The summed E-state index contributed by atoms with van der Waals surface area (Å²) in [6.45, 7) is 2.28. The van der Waals surface area contributed by atoms with Gasteiger partial charge in [-0.05, 0) is 55.2 Å². The molecule has 8 nitrogen and oxygen atoms in total. The molecule has 1 aliphatic rings. The molecule has 0 atom stereocenters. The molecule has 5 rings (SSSR count). The Labute approximate surface area is 211 Å². The molecule has 0 bridgehead atoms. The quantitative estimate of drug-likeness (QED) is 0.387. The number of ether oxygens (including phenoxy) is 1. The van der Waals surface area contributed by atoms with Crippen LogP contribution in [0, 0.1) is 0 Å². The predicted octanol–water partition coefficient (Wildman–Crippen LogP) is 3.68. The zero-order chi connectivity index (χ0) is 25.3. The third-order valence-corrected chi connectivity index (χ3v) is 9.05. The molecule has 2 aromatic carbocycles. The van der Waals surface area contributed by atoms with Crippen molar-refractivity contribution in [3.63, 3.8) is 0 Å². The Hall–Kier alpha value is -2.98. The summed E-state index contributed by atoms with van der Waals surface area (Å²) < 4.78 is 39.1. The van der Waals surface area contributed by atoms with E-state index < -0.39 is 15.6 Å². The van der Waals surface area contributed by atoms with Crippen molar-refractivity contribution in [1.29, 1.82) is 0 Å². The van der Waals surface area contributed by atoms with Crippen LogP contribution in [0.25, 0.3) is 21.7 Å². The van der Waals surface area contributed by atoms with E-state index in [0.29, 0.717) is 31.3 Å². The monoisotopic (exact) mass is 509 g/mol. The van der Waals surface area contributed by atoms with Crippen LogP contribution in [-0.4, -0.2) is 73.7 Å². The van der Waals surface area contributed by atoms with Crippen LogP contribution in [0.4, 0.5) is 0 Å². The van der Waals surface area contributed by atoms with Crippen LogP contribution >= 0.6 is 0 Å². The Balaban J connectivity index is 1.21. The number of hydrogen-bond donors (Lipinski definition) is 1. The minimum Gasteiger partial charge on any atom is -0.497 e. The van der Waals surface area contributed by atoms with E-state index in [0.717, 1.165) is 40.6 Å². The highest BCUT2D eigenvalue weighted by Crippen LogP contribution is 2.30. The fraction of sp³-hybridized carbons (Fsp3) is 0.370. The number of furan rings is 1. The smallest absolute Gasteiger partial charge is 0.243 e. The SMILES string of the molecule is COc1ccc2occ(CCN3CCC(O)(CN(C)S(=O)(=O)c4cccc5cnccc45)CC3)c2c1. The maximum Gasteiger partial charge on any atom is 0.243 e. The number of rotatable bonds is 8. The topological polar surface area (TPSA) is 96.1 Å². The number of hydrogen-bond acceptors (Lipinski definition) is 7. The Morgan fingerprint density at radius 1 is 1.17 bits per heavy atom. The van der Waals surface area contributed by atoms with Gasteiger partial charge in [0, 0.05) is 61.8 Å². The molecule has 0 amide bonds. The Kier molecular flexibility index (Phi) is 6.74. The van der Waals surface area contributed by atoms with Crippen LogP contribution < -0.4 is 4.74 Å². The minimum absolute atomic E-state index is 0.0524. The van der Waals surface area contributed by atoms with Crippen LogP contribution in [0.15, 0.2) is 70.4 Å². The molecule has 0 spiro atoms. The van der Waals surface area contributed by atoms with Crippen molar-refractivity contribution in [3.05, 3.63) is 66.7 Å². The Morgan fingerprint density at radius 3 is 2.75 bits per heavy atom. The number of nitrogens with zero attached hydrogens (tertiary/aromatic N) is 3. The third kappa shape index (κ3) is 4.84. The van der Waals surface area contributed by atoms with E-state index in [-0.39, 0.29) is 11.4 Å². The summed E-state index contributed by atoms with van der Waals surface area (Å²) in [6, 6.07) is 12.7. The molecule has 0 aliphatic carbocycles. The number of aliphatic hydroxyl groups is 1. The van der Waals surface area contributed by atoms with Crippen LogP contribution in [0.5, 0.6) is 5.75 Å². The summed E-state index contributed by atoms with van der Waals surface area (Å²) in [5, 5.41) is 13.7. The first-order valence-electron chi connectivity index (χ1n) is 12.1. The van der Waals surface area contributed by atoms with Gasteiger partial charge in [-0.3, -0.25) is 4.98 Å². The molecule has 1 fully saturated rings. The number of methoxy groups -OCH3 is 1. The highest BCUT2D eigenvalue weighted by atomic mass is 32.2. The first kappa shape index (κ1) is 24.7. The average molecular weight is 510 g/mol. The summed E-state index contributed by atoms with van der Waals surface area (Å²) in [6.07, 6.45) is 6.88. The molecule has 1 aliphatic heterocycles. The van der Waals surface area contributed by atoms with Crippen molar-refractivity contribution in [3.8, 4) is 5.75 Å². The lowest BCUT2D eigenvalue weighted by atomic mass is 9.91. The van der Waals surface area contributed by atoms with Gasteiger partial charge in [-0.15, -0.1) is 0 Å². The van der Waals surface area contributed by atoms with Gasteiger partial charge < -0.3 is 19.2 Å². The molecular weight excluding hydrogens is 478 g/mol. The molecule has 36 heavy (non-hydrogen) atoms. The van der Waals surface area contributed by atoms with E-state index in [9.17, 15) is 13.5 Å². The summed E-state index contributed by atoms with van der Waals surface area (Å²) in [5.74, 6) is 0.799. The number of likely N-dealkylation sites (tertiary alicyclic amines) is 1. The van der Waals surface area contributed by atoms with Crippen molar-refractivity contribution in [2.75, 3.05) is 40.3 Å². The second-order valence-electron chi connectivity index (χ2n) is 9.55. The van der Waals surface area contributed by atoms with Crippen molar-refractivity contribution in [2.24, 2.45) is 0 Å². The fourth-order valence-corrected chi connectivity index (χ4v) is 6.46. The van der Waals surface area contributed by atoms with E-state index in [1.165, 1.54) is 11.4 Å². The highest BCUT2D eigenvalue weighted by Gasteiger charge is 2.36. The molecule has 190 valence electrons. The number of piperidine rings is 1. The van der Waals surface area contributed by atoms with Crippen molar-refractivity contribution >= 4 is 31.8 Å². The van der Waals surface area contributed by atoms with Crippen LogP contribution in [0.1, 0.15) is 18.4 Å². The largest absolute Gasteiger partial charge is 0.497 e. The molecule has 2 aromatic heterocycles. The lowest BCUT2D eigenvalue weighted by molar-refractivity contribution is -0.0296. The third-order valence-electron chi connectivity index (χ3n) is 7.19. The Morgan fingerprint density at radius 2 is 1.97 bits per heavy atom. The summed E-state index contributed by atoms with van der Waals surface area (Å²) in [4.78, 5) is 6.62. The van der Waals surface area contributed by atoms with Crippen LogP contribution in [0.2, 0.25) is 0 Å². The second kappa shape index (κ2) is 9.82. The van der Waals surface area contributed by atoms with Crippen molar-refractivity contribution < 1.29 is 22.7 Å². The fourth-order valence-electron chi connectivity index (χ4n) is 5.00. The summed E-state index contributed by atoms with van der Waals surface area (Å²) >= 11 is 0. The lowest BCUT2D eigenvalue weighted by Gasteiger charge is -2.40. The van der Waals surface area contributed by atoms with Gasteiger partial charge in [-0.1, -0.05) is 12.1 Å². The molecular formula is C27H31N3O5S. The number of pyridine rings is 1. The van der Waals surface area contributed by atoms with Crippen molar-refractivity contribution in [2.45, 2.75) is 29.8 Å². The summed E-state index contributed by atoms with van der Waals surface area (Å²) in [5.41, 5.74) is 0.895. The van der Waals surface area contributed by atoms with Gasteiger partial charge in [0.25, 0.3) is 0 Å². The normalized spacial score (nSPS) is 16.7. The molecule has 3 heterocycles. The number of sulfonamides is 1. The molecule has 0 saturated carbocycles. The summed E-state index contributed by atoms with van der Waals surface area (Å²) in [7, 11) is -0.581. The van der Waals surface area contributed by atoms with Gasteiger partial charge >= 0.3 is 0 Å². The zero-order valence-corrected chi connectivity index (χ0v) is 21.4. The molecule has 0 radical (unpaired) electrons. The highest BCUT2D eigenvalue weighted by molar-refractivity contribution is 7.89. The van der Waals surface area contributed by atoms with Crippen LogP contribution in [-0.2, 0) is 16.4 Å². The lowest BCUT2D eigenvalue weighted by Crippen LogP contribution is -2.51. The molecule has 1 saturated heterocycles. The molecule has 1 N–H and O–H groups in total. The van der Waals surface area contributed by atoms with E-state index >= 15 is 0 Å². The standard InChI is InChI=1S/C27H31N3O5S/c1-29(36(32,33)26-5-3-4-20-17-28-12-8-23(20)26)19-27(31)10-14-30(15-11-27)13-9-21-18-35-25-7-6-22(34-2)16-24(21)25/h3-8,12,16-18,31H,9-11,13-15,19H2,1-2H3. The van der Waals surface area contributed by atoms with E-state index in [4.69, 9.17) is 9.15 Å². The second-order valence-corrected chi connectivity index (χ2v) is 11.6. The van der Waals surface area contributed by atoms with Gasteiger partial charge in [0.05, 0.1) is 23.9 Å². The zero-order valence-electron chi connectivity index (χ0n) is 20.6. The molecule has 4 aromatic rings. The molecule has 9 heteroatoms. The van der Waals surface area contributed by atoms with E-state index in [2.05, 4.69) is 9.88 Å². The van der Waals surface area contributed by atoms with E-state index in [1.807, 2.05) is 24.3 Å². The first-order valence-corrected chi connectivity index (χ1v) is 13.5. The van der Waals surface area contributed by atoms with E-state index in [1.54, 1.807) is 44.0 Å². The van der Waals surface area contributed by atoms with Crippen molar-refractivity contribution in [1.82, 2.24) is 14.2 Å². The number of aromatic nitrogens is 1. The molecule has 0 unspecified atom stereocenters. The number of likely N-dealkylation sites (N-methyl/N-ethyl adjacent to an activating group) is 1. The van der Waals surface area contributed by atoms with Gasteiger partial charge in [0.2, 0.25) is 10.0 Å². The number of fused-ring (bicyclic) bond motifs is 2. The van der Waals surface area contributed by atoms with Gasteiger partial charge in [-0.25, -0.2) is 8.42 Å². The first-order chi connectivity index (χ1) is 17.3. The Bertz CT molecular complexity index is 1470. The van der Waals surface area contributed by atoms with Gasteiger partial charge in [-0.2, -0.15) is 4.31 Å². The number of benzene rings is 2. The van der Waals surface area contributed by atoms with Gasteiger partial charge in [0.15, 0.2) is 0 Å². The predicted molar refractivity (Wildman–Crippen MR) is 139 cm³/mol. The maximum atomic E-state index is 13.4.